The van der Waals surface area contributed by atoms with Gasteiger partial charge in [-0.3, -0.25) is 9.88 Å². The smallest absolute Gasteiger partial charge is 0.335 e. The molecule has 4 nitrogen and oxygen atoms in total. The van der Waals surface area contributed by atoms with Gasteiger partial charge in [-0.2, -0.15) is 0 Å². The van der Waals surface area contributed by atoms with Gasteiger partial charge in [0.05, 0.1) is 10.6 Å². The Hall–Kier alpha value is -1.91. The van der Waals surface area contributed by atoms with E-state index in [9.17, 15) is 4.79 Å². The van der Waals surface area contributed by atoms with Crippen molar-refractivity contribution in [3.63, 3.8) is 0 Å². The van der Waals surface area contributed by atoms with Gasteiger partial charge in [0.1, 0.15) is 0 Å². The maximum atomic E-state index is 11.1. The van der Waals surface area contributed by atoms with Gasteiger partial charge in [0.15, 0.2) is 0 Å². The molecule has 3 rings (SSSR count). The number of rotatable bonds is 3. The van der Waals surface area contributed by atoms with Crippen LogP contribution in [-0.4, -0.2) is 27.5 Å². The Labute approximate surface area is 128 Å². The number of aromatic carboxylic acids is 1. The molecule has 0 saturated carbocycles. The van der Waals surface area contributed by atoms with Crippen LogP contribution in [0.25, 0.3) is 0 Å². The van der Waals surface area contributed by atoms with Gasteiger partial charge in [-0.05, 0) is 41.3 Å². The average molecular weight is 303 g/mol. The lowest BCUT2D eigenvalue weighted by atomic mass is 9.97. The zero-order chi connectivity index (χ0) is 14.8. The van der Waals surface area contributed by atoms with Crippen molar-refractivity contribution < 1.29 is 9.90 Å². The Morgan fingerprint density at radius 3 is 2.95 bits per heavy atom. The number of hydrogen-bond acceptors (Lipinski definition) is 3. The third kappa shape index (κ3) is 3.06. The number of halogens is 1. The molecular formula is C16H15ClN2O2. The lowest BCUT2D eigenvalue weighted by Crippen LogP contribution is -2.30. The van der Waals surface area contributed by atoms with E-state index >= 15 is 0 Å². The summed E-state index contributed by atoms with van der Waals surface area (Å²) in [4.78, 5) is 17.3. The first kappa shape index (κ1) is 14.0. The first-order valence-corrected chi connectivity index (χ1v) is 7.17. The number of carboxylic acid groups (broad SMARTS) is 1. The van der Waals surface area contributed by atoms with Crippen LogP contribution in [0, 0.1) is 0 Å². The number of hydrogen-bond donors (Lipinski definition) is 1. The lowest BCUT2D eigenvalue weighted by molar-refractivity contribution is 0.0696. The van der Waals surface area contributed by atoms with Crippen LogP contribution in [0.3, 0.4) is 0 Å². The van der Waals surface area contributed by atoms with Gasteiger partial charge >= 0.3 is 5.97 Å². The summed E-state index contributed by atoms with van der Waals surface area (Å²) in [6.45, 7) is 2.44. The predicted molar refractivity (Wildman–Crippen MR) is 80.5 cm³/mol. The standard InChI is InChI=1S/C16H15ClN2O2/c17-15-8-18-5-3-13(15)9-19-6-4-11-1-2-12(16(20)21)7-14(11)10-19/h1-3,5,7-8H,4,6,9-10H2,(H,20,21). The predicted octanol–water partition coefficient (Wildman–Crippen LogP) is 2.99. The van der Waals surface area contributed by atoms with Crippen LogP contribution >= 0.6 is 11.6 Å². The van der Waals surface area contributed by atoms with Crippen LogP contribution in [0.15, 0.2) is 36.7 Å². The van der Waals surface area contributed by atoms with E-state index < -0.39 is 5.97 Å². The van der Waals surface area contributed by atoms with Crippen LogP contribution in [-0.2, 0) is 19.5 Å². The molecule has 5 heteroatoms. The van der Waals surface area contributed by atoms with Crippen LogP contribution in [0.1, 0.15) is 27.0 Å². The van der Waals surface area contributed by atoms with Crippen molar-refractivity contribution >= 4 is 17.6 Å². The van der Waals surface area contributed by atoms with E-state index in [-0.39, 0.29) is 0 Å². The topological polar surface area (TPSA) is 53.4 Å². The van der Waals surface area contributed by atoms with Gasteiger partial charge in [0.25, 0.3) is 0 Å². The Kier molecular flexibility index (Phi) is 3.90. The molecule has 0 unspecified atom stereocenters. The largest absolute Gasteiger partial charge is 0.478 e. The molecule has 0 amide bonds. The fourth-order valence-electron chi connectivity index (χ4n) is 2.66. The lowest BCUT2D eigenvalue weighted by Gasteiger charge is -2.29. The Morgan fingerprint density at radius 2 is 2.19 bits per heavy atom. The molecule has 0 atom stereocenters. The van der Waals surface area contributed by atoms with Crippen LogP contribution in [0.4, 0.5) is 0 Å². The summed E-state index contributed by atoms with van der Waals surface area (Å²) in [6, 6.07) is 7.30. The third-order valence-electron chi connectivity index (χ3n) is 3.79. The first-order chi connectivity index (χ1) is 10.1. The molecule has 1 N–H and O–H groups in total. The average Bonchev–Trinajstić information content (AvgIpc) is 2.49. The molecule has 1 aliphatic heterocycles. The second-order valence-electron chi connectivity index (χ2n) is 5.22. The number of nitrogens with zero attached hydrogens (tertiary/aromatic N) is 2. The maximum absolute atomic E-state index is 11.1. The van der Waals surface area contributed by atoms with E-state index in [0.29, 0.717) is 10.6 Å². The molecule has 2 aromatic rings. The summed E-state index contributed by atoms with van der Waals surface area (Å²) in [7, 11) is 0. The van der Waals surface area contributed by atoms with Gasteiger partial charge in [0.2, 0.25) is 0 Å². The molecule has 0 bridgehead atoms. The van der Waals surface area contributed by atoms with E-state index in [1.807, 2.05) is 12.1 Å². The fourth-order valence-corrected chi connectivity index (χ4v) is 2.84. The molecule has 108 valence electrons. The molecule has 0 radical (unpaired) electrons. The van der Waals surface area contributed by atoms with E-state index in [1.165, 1.54) is 5.56 Å². The van der Waals surface area contributed by atoms with Gasteiger partial charge in [-0.25, -0.2) is 4.79 Å². The summed E-state index contributed by atoms with van der Waals surface area (Å²) < 4.78 is 0. The van der Waals surface area contributed by atoms with Gasteiger partial charge < -0.3 is 5.11 Å². The van der Waals surface area contributed by atoms with Crippen LogP contribution < -0.4 is 0 Å². The van der Waals surface area contributed by atoms with Crippen molar-refractivity contribution in [2.45, 2.75) is 19.5 Å². The van der Waals surface area contributed by atoms with E-state index in [4.69, 9.17) is 16.7 Å². The SMILES string of the molecule is O=C(O)c1ccc2c(c1)CN(Cc1ccncc1Cl)CC2. The van der Waals surface area contributed by atoms with E-state index in [1.54, 1.807) is 24.5 Å². The summed E-state index contributed by atoms with van der Waals surface area (Å²) in [6.07, 6.45) is 4.32. The summed E-state index contributed by atoms with van der Waals surface area (Å²) >= 11 is 6.14. The van der Waals surface area contributed by atoms with E-state index in [2.05, 4.69) is 9.88 Å². The highest BCUT2D eigenvalue weighted by atomic mass is 35.5. The molecule has 1 aromatic heterocycles. The second-order valence-corrected chi connectivity index (χ2v) is 5.62. The molecule has 0 saturated heterocycles. The highest BCUT2D eigenvalue weighted by Crippen LogP contribution is 2.23. The van der Waals surface area contributed by atoms with Crippen molar-refractivity contribution in [3.8, 4) is 0 Å². The van der Waals surface area contributed by atoms with Crippen molar-refractivity contribution in [1.82, 2.24) is 9.88 Å². The number of carbonyl (C=O) groups is 1. The number of pyridine rings is 1. The second kappa shape index (κ2) is 5.84. The van der Waals surface area contributed by atoms with Crippen molar-refractivity contribution in [1.29, 1.82) is 0 Å². The van der Waals surface area contributed by atoms with Crippen molar-refractivity contribution in [2.75, 3.05) is 6.54 Å². The fraction of sp³-hybridized carbons (Fsp3) is 0.250. The van der Waals surface area contributed by atoms with Crippen LogP contribution in [0.2, 0.25) is 5.02 Å². The number of carboxylic acids is 1. The summed E-state index contributed by atoms with van der Waals surface area (Å²) in [5, 5.41) is 9.75. The zero-order valence-electron chi connectivity index (χ0n) is 11.4. The Balaban J connectivity index is 1.79. The minimum Gasteiger partial charge on any atom is -0.478 e. The van der Waals surface area contributed by atoms with E-state index in [0.717, 1.165) is 37.2 Å². The number of benzene rings is 1. The van der Waals surface area contributed by atoms with Crippen LogP contribution in [0.5, 0.6) is 0 Å². The minimum atomic E-state index is -0.882. The normalized spacial score (nSPS) is 14.7. The van der Waals surface area contributed by atoms with Crippen molar-refractivity contribution in [3.05, 3.63) is 63.9 Å². The molecule has 1 aromatic carbocycles. The minimum absolute atomic E-state index is 0.345. The Bertz CT molecular complexity index is 688. The summed E-state index contributed by atoms with van der Waals surface area (Å²) in [5.74, 6) is -0.882. The molecule has 21 heavy (non-hydrogen) atoms. The van der Waals surface area contributed by atoms with Gasteiger partial charge in [-0.1, -0.05) is 17.7 Å². The summed E-state index contributed by atoms with van der Waals surface area (Å²) in [5.41, 5.74) is 3.71. The molecule has 0 spiro atoms. The monoisotopic (exact) mass is 302 g/mol. The highest BCUT2D eigenvalue weighted by molar-refractivity contribution is 6.31. The number of fused-ring (bicyclic) bond motifs is 1. The number of aromatic nitrogens is 1. The molecule has 1 aliphatic rings. The molecular weight excluding hydrogens is 288 g/mol. The van der Waals surface area contributed by atoms with Gasteiger partial charge in [-0.15, -0.1) is 0 Å². The molecule has 2 heterocycles. The maximum Gasteiger partial charge on any atom is 0.335 e. The molecule has 0 aliphatic carbocycles. The molecule has 0 fully saturated rings. The first-order valence-electron chi connectivity index (χ1n) is 6.79. The third-order valence-corrected chi connectivity index (χ3v) is 4.14. The van der Waals surface area contributed by atoms with Gasteiger partial charge in [0, 0.05) is 32.0 Å². The quantitative estimate of drug-likeness (QED) is 0.947. The highest BCUT2D eigenvalue weighted by Gasteiger charge is 2.18. The zero-order valence-corrected chi connectivity index (χ0v) is 12.2. The Morgan fingerprint density at radius 1 is 1.33 bits per heavy atom. The van der Waals surface area contributed by atoms with Crippen molar-refractivity contribution in [2.24, 2.45) is 0 Å².